The Hall–Kier alpha value is -2.27. The van der Waals surface area contributed by atoms with E-state index in [2.05, 4.69) is 33.6 Å². The molecule has 0 atom stereocenters. The molecule has 0 spiro atoms. The van der Waals surface area contributed by atoms with Crippen LogP contribution in [0.5, 0.6) is 0 Å². The lowest BCUT2D eigenvalue weighted by molar-refractivity contribution is 0.103. The third kappa shape index (κ3) is 4.04. The van der Waals surface area contributed by atoms with Gasteiger partial charge < -0.3 is 4.90 Å². The van der Waals surface area contributed by atoms with Crippen LogP contribution in [-0.2, 0) is 0 Å². The van der Waals surface area contributed by atoms with Gasteiger partial charge in [-0.15, -0.1) is 0 Å². The van der Waals surface area contributed by atoms with Crippen LogP contribution in [0.3, 0.4) is 0 Å². The van der Waals surface area contributed by atoms with Crippen LogP contribution in [0.2, 0.25) is 0 Å². The number of ketones is 1. The topological polar surface area (TPSA) is 49.3 Å². The molecule has 2 aromatic rings. The number of hydrogen-bond donors (Lipinski definition) is 0. The Morgan fingerprint density at radius 3 is 2.68 bits per heavy atom. The highest BCUT2D eigenvalue weighted by molar-refractivity contribution is 6.08. The van der Waals surface area contributed by atoms with Gasteiger partial charge in [0.2, 0.25) is 5.78 Å². The van der Waals surface area contributed by atoms with Crippen LogP contribution >= 0.6 is 0 Å². The molecule has 2 aromatic heterocycles. The average molecular weight is 338 g/mol. The van der Waals surface area contributed by atoms with Crippen LogP contribution in [0.4, 0.5) is 5.82 Å². The van der Waals surface area contributed by atoms with Crippen molar-refractivity contribution < 1.29 is 4.79 Å². The summed E-state index contributed by atoms with van der Waals surface area (Å²) >= 11 is 0. The molecule has 5 heteroatoms. The van der Waals surface area contributed by atoms with Crippen molar-refractivity contribution in [3.8, 4) is 0 Å². The second kappa shape index (κ2) is 7.74. The van der Waals surface area contributed by atoms with Gasteiger partial charge >= 0.3 is 0 Å². The lowest BCUT2D eigenvalue weighted by Crippen LogP contribution is -2.35. The molecule has 3 rings (SSSR count). The van der Waals surface area contributed by atoms with Crippen molar-refractivity contribution in [2.24, 2.45) is 0 Å². The average Bonchev–Trinajstić information content (AvgIpc) is 2.88. The van der Waals surface area contributed by atoms with Crippen LogP contribution in [0.1, 0.15) is 42.0 Å². The smallest absolute Gasteiger partial charge is 0.213 e. The van der Waals surface area contributed by atoms with Crippen molar-refractivity contribution in [1.29, 1.82) is 0 Å². The lowest BCUT2D eigenvalue weighted by Gasteiger charge is -2.25. The quantitative estimate of drug-likeness (QED) is 0.802. The van der Waals surface area contributed by atoms with E-state index in [4.69, 9.17) is 0 Å². The first-order chi connectivity index (χ1) is 12.1. The highest BCUT2D eigenvalue weighted by Gasteiger charge is 2.19. The molecular formula is C20H26N4O. The van der Waals surface area contributed by atoms with E-state index in [1.807, 2.05) is 25.1 Å². The molecule has 0 aliphatic carbocycles. The Kier molecular flexibility index (Phi) is 5.43. The number of rotatable bonds is 4. The van der Waals surface area contributed by atoms with E-state index in [-0.39, 0.29) is 5.78 Å². The van der Waals surface area contributed by atoms with Crippen LogP contribution in [0, 0.1) is 6.92 Å². The minimum Gasteiger partial charge on any atom is -0.355 e. The number of aryl methyl sites for hydroxylation is 1. The number of anilines is 1. The zero-order valence-corrected chi connectivity index (χ0v) is 15.3. The molecule has 0 aromatic carbocycles. The molecule has 0 N–H and O–H groups in total. The summed E-state index contributed by atoms with van der Waals surface area (Å²) in [5.74, 6) is 0.823. The molecule has 0 bridgehead atoms. The fourth-order valence-electron chi connectivity index (χ4n) is 3.27. The van der Waals surface area contributed by atoms with Crippen molar-refractivity contribution in [1.82, 2.24) is 14.9 Å². The molecule has 1 aliphatic heterocycles. The standard InChI is InChI=1S/C20H26N4O/c1-15(2)23-11-6-12-24(14-13-23)19-9-4-8-18(22-19)20(25)17-7-5-10-21-16(17)3/h4-5,7-10,15H,6,11-14H2,1-3H3. The first-order valence-electron chi connectivity index (χ1n) is 8.98. The normalized spacial score (nSPS) is 16.1. The van der Waals surface area contributed by atoms with Gasteiger partial charge in [-0.2, -0.15) is 0 Å². The molecule has 1 saturated heterocycles. The Morgan fingerprint density at radius 2 is 1.92 bits per heavy atom. The number of carbonyl (C=O) groups is 1. The van der Waals surface area contributed by atoms with Crippen molar-refractivity contribution in [2.45, 2.75) is 33.2 Å². The van der Waals surface area contributed by atoms with Crippen LogP contribution < -0.4 is 4.90 Å². The molecule has 0 amide bonds. The number of nitrogens with zero attached hydrogens (tertiary/aromatic N) is 4. The first kappa shape index (κ1) is 17.5. The molecule has 1 aliphatic rings. The van der Waals surface area contributed by atoms with E-state index >= 15 is 0 Å². The van der Waals surface area contributed by atoms with Crippen LogP contribution in [0.15, 0.2) is 36.5 Å². The maximum Gasteiger partial charge on any atom is 0.213 e. The van der Waals surface area contributed by atoms with Crippen molar-refractivity contribution in [3.63, 3.8) is 0 Å². The largest absolute Gasteiger partial charge is 0.355 e. The maximum absolute atomic E-state index is 12.8. The maximum atomic E-state index is 12.8. The minimum absolute atomic E-state index is 0.0638. The Labute approximate surface area is 149 Å². The summed E-state index contributed by atoms with van der Waals surface area (Å²) in [6, 6.07) is 9.88. The highest BCUT2D eigenvalue weighted by atomic mass is 16.1. The van der Waals surface area contributed by atoms with Gasteiger partial charge in [0.15, 0.2) is 0 Å². The van der Waals surface area contributed by atoms with Crippen molar-refractivity contribution in [3.05, 3.63) is 53.5 Å². The molecule has 5 nitrogen and oxygen atoms in total. The second-order valence-corrected chi connectivity index (χ2v) is 6.82. The molecule has 0 saturated carbocycles. The van der Waals surface area contributed by atoms with Gasteiger partial charge in [-0.1, -0.05) is 6.07 Å². The van der Waals surface area contributed by atoms with E-state index in [9.17, 15) is 4.79 Å². The van der Waals surface area contributed by atoms with Gasteiger partial charge in [0.1, 0.15) is 11.5 Å². The molecule has 0 radical (unpaired) electrons. The molecule has 25 heavy (non-hydrogen) atoms. The predicted octanol–water partition coefficient (Wildman–Crippen LogP) is 2.94. The second-order valence-electron chi connectivity index (χ2n) is 6.82. The van der Waals surface area contributed by atoms with E-state index in [1.165, 1.54) is 0 Å². The number of hydrogen-bond acceptors (Lipinski definition) is 5. The molecule has 0 unspecified atom stereocenters. The zero-order chi connectivity index (χ0) is 17.8. The summed E-state index contributed by atoms with van der Waals surface area (Å²) in [5.41, 5.74) is 1.84. The molecular weight excluding hydrogens is 312 g/mol. The third-order valence-corrected chi connectivity index (χ3v) is 4.80. The van der Waals surface area contributed by atoms with E-state index in [0.29, 0.717) is 17.3 Å². The minimum atomic E-state index is -0.0638. The van der Waals surface area contributed by atoms with Gasteiger partial charge in [-0.3, -0.25) is 14.7 Å². The van der Waals surface area contributed by atoms with Gasteiger partial charge in [0.05, 0.1) is 0 Å². The molecule has 3 heterocycles. The van der Waals surface area contributed by atoms with Crippen LogP contribution in [0.25, 0.3) is 0 Å². The summed E-state index contributed by atoms with van der Waals surface area (Å²) < 4.78 is 0. The molecule has 1 fully saturated rings. The highest BCUT2D eigenvalue weighted by Crippen LogP contribution is 2.18. The zero-order valence-electron chi connectivity index (χ0n) is 15.3. The first-order valence-corrected chi connectivity index (χ1v) is 8.98. The van der Waals surface area contributed by atoms with Gasteiger partial charge in [0, 0.05) is 49.7 Å². The number of carbonyl (C=O) groups excluding carboxylic acids is 1. The summed E-state index contributed by atoms with van der Waals surface area (Å²) in [6.45, 7) is 10.4. The lowest BCUT2D eigenvalue weighted by atomic mass is 10.1. The monoisotopic (exact) mass is 338 g/mol. The summed E-state index contributed by atoms with van der Waals surface area (Å²) in [7, 11) is 0. The van der Waals surface area contributed by atoms with Crippen LogP contribution in [-0.4, -0.2) is 52.9 Å². The fourth-order valence-corrected chi connectivity index (χ4v) is 3.27. The number of aromatic nitrogens is 2. The Balaban J connectivity index is 1.80. The summed E-state index contributed by atoms with van der Waals surface area (Å²) in [6.07, 6.45) is 2.81. The van der Waals surface area contributed by atoms with Crippen molar-refractivity contribution >= 4 is 11.6 Å². The van der Waals surface area contributed by atoms with E-state index in [1.54, 1.807) is 18.3 Å². The van der Waals surface area contributed by atoms with E-state index < -0.39 is 0 Å². The Morgan fingerprint density at radius 1 is 1.08 bits per heavy atom. The Bertz CT molecular complexity index is 744. The summed E-state index contributed by atoms with van der Waals surface area (Å²) in [4.78, 5) is 26.4. The summed E-state index contributed by atoms with van der Waals surface area (Å²) in [5, 5.41) is 0. The van der Waals surface area contributed by atoms with E-state index in [0.717, 1.165) is 44.1 Å². The van der Waals surface area contributed by atoms with Gasteiger partial charge in [-0.25, -0.2) is 4.98 Å². The predicted molar refractivity (Wildman–Crippen MR) is 100 cm³/mol. The fraction of sp³-hybridized carbons (Fsp3) is 0.450. The van der Waals surface area contributed by atoms with Gasteiger partial charge in [0.25, 0.3) is 0 Å². The number of pyridine rings is 2. The third-order valence-electron chi connectivity index (χ3n) is 4.80. The SMILES string of the molecule is Cc1ncccc1C(=O)c1cccc(N2CCCN(C(C)C)CC2)n1. The van der Waals surface area contributed by atoms with Crippen molar-refractivity contribution in [2.75, 3.05) is 31.1 Å². The molecule has 132 valence electrons. The van der Waals surface area contributed by atoms with Gasteiger partial charge in [-0.05, 0) is 51.5 Å².